The average molecular weight is 441 g/mol. The number of aromatic nitrogens is 2. The molecule has 4 rings (SSSR count). The summed E-state index contributed by atoms with van der Waals surface area (Å²) in [6, 6.07) is 11.4. The van der Waals surface area contributed by atoms with E-state index in [2.05, 4.69) is 14.7 Å². The van der Waals surface area contributed by atoms with E-state index >= 15 is 0 Å². The number of likely N-dealkylation sites (tertiary alicyclic amines) is 1. The summed E-state index contributed by atoms with van der Waals surface area (Å²) in [7, 11) is -3.68. The van der Waals surface area contributed by atoms with Crippen LogP contribution in [0.1, 0.15) is 47.8 Å². The van der Waals surface area contributed by atoms with Crippen molar-refractivity contribution in [1.29, 1.82) is 0 Å². The molecule has 2 aromatic carbocycles. The Bertz CT molecular complexity index is 1180. The monoisotopic (exact) mass is 440 g/mol. The van der Waals surface area contributed by atoms with Gasteiger partial charge in [0.2, 0.25) is 15.9 Å². The summed E-state index contributed by atoms with van der Waals surface area (Å²) in [5.41, 5.74) is 4.28. The van der Waals surface area contributed by atoms with E-state index in [-0.39, 0.29) is 24.9 Å². The van der Waals surface area contributed by atoms with E-state index in [1.165, 1.54) is 0 Å². The lowest BCUT2D eigenvalue weighted by molar-refractivity contribution is -0.132. The van der Waals surface area contributed by atoms with Crippen LogP contribution < -0.4 is 4.72 Å². The van der Waals surface area contributed by atoms with Crippen LogP contribution >= 0.6 is 0 Å². The van der Waals surface area contributed by atoms with Crippen molar-refractivity contribution < 1.29 is 13.2 Å². The van der Waals surface area contributed by atoms with Crippen LogP contribution in [0.3, 0.4) is 0 Å². The van der Waals surface area contributed by atoms with Gasteiger partial charge in [0, 0.05) is 19.5 Å². The molecule has 0 radical (unpaired) electrons. The van der Waals surface area contributed by atoms with Crippen LogP contribution in [0.25, 0.3) is 11.0 Å². The number of benzene rings is 2. The van der Waals surface area contributed by atoms with E-state index in [1.54, 1.807) is 13.8 Å². The molecule has 1 saturated heterocycles. The third-order valence-electron chi connectivity index (χ3n) is 5.80. The number of para-hydroxylation sites is 2. The fourth-order valence-corrected chi connectivity index (χ4v) is 6.06. The Balaban J connectivity index is 1.42. The molecule has 0 spiro atoms. The maximum atomic E-state index is 12.9. The number of aromatic amines is 1. The van der Waals surface area contributed by atoms with Crippen molar-refractivity contribution in [3.63, 3.8) is 0 Å². The third kappa shape index (κ3) is 4.36. The topological polar surface area (TPSA) is 95.2 Å². The Morgan fingerprint density at radius 1 is 1.19 bits per heavy atom. The Morgan fingerprint density at radius 2 is 1.90 bits per heavy atom. The molecule has 1 unspecified atom stereocenters. The lowest BCUT2D eigenvalue weighted by atomic mass is 10.1. The van der Waals surface area contributed by atoms with Crippen molar-refractivity contribution in [3.8, 4) is 0 Å². The molecule has 0 aliphatic carbocycles. The number of H-pyrrole nitrogens is 1. The second kappa shape index (κ2) is 8.43. The number of aryl methyl sites for hydroxylation is 3. The molecule has 0 saturated carbocycles. The minimum absolute atomic E-state index is 0.0667. The molecule has 7 nitrogen and oxygen atoms in total. The quantitative estimate of drug-likeness (QED) is 0.613. The van der Waals surface area contributed by atoms with Gasteiger partial charge in [-0.1, -0.05) is 29.8 Å². The summed E-state index contributed by atoms with van der Waals surface area (Å²) in [4.78, 5) is 23.0. The second-order valence-electron chi connectivity index (χ2n) is 8.26. The number of amides is 1. The summed E-state index contributed by atoms with van der Waals surface area (Å²) >= 11 is 0. The number of fused-ring (bicyclic) bond motifs is 1. The van der Waals surface area contributed by atoms with Crippen LogP contribution in [0.2, 0.25) is 0 Å². The summed E-state index contributed by atoms with van der Waals surface area (Å²) < 4.78 is 28.3. The van der Waals surface area contributed by atoms with Gasteiger partial charge in [-0.05, 0) is 56.9 Å². The largest absolute Gasteiger partial charge is 0.340 e. The van der Waals surface area contributed by atoms with E-state index < -0.39 is 10.0 Å². The molecule has 1 atom stereocenters. The zero-order chi connectivity index (χ0) is 22.2. The summed E-state index contributed by atoms with van der Waals surface area (Å²) in [5.74, 6) is 0.724. The van der Waals surface area contributed by atoms with Crippen LogP contribution in [0, 0.1) is 20.8 Å². The Kier molecular flexibility index (Phi) is 5.85. The highest BCUT2D eigenvalue weighted by Crippen LogP contribution is 2.32. The highest BCUT2D eigenvalue weighted by atomic mass is 32.2. The van der Waals surface area contributed by atoms with E-state index in [9.17, 15) is 13.2 Å². The molecule has 164 valence electrons. The van der Waals surface area contributed by atoms with Crippen LogP contribution in [-0.4, -0.2) is 42.3 Å². The van der Waals surface area contributed by atoms with Gasteiger partial charge in [0.15, 0.2) is 0 Å². The molecule has 2 N–H and O–H groups in total. The second-order valence-corrected chi connectivity index (χ2v) is 9.96. The van der Waals surface area contributed by atoms with Crippen molar-refractivity contribution >= 4 is 27.0 Å². The van der Waals surface area contributed by atoms with Crippen molar-refractivity contribution in [2.24, 2.45) is 0 Å². The molecule has 31 heavy (non-hydrogen) atoms. The Morgan fingerprint density at radius 3 is 2.61 bits per heavy atom. The fourth-order valence-electron chi connectivity index (χ4n) is 4.58. The van der Waals surface area contributed by atoms with E-state index in [0.717, 1.165) is 35.3 Å². The van der Waals surface area contributed by atoms with Gasteiger partial charge in [-0.15, -0.1) is 0 Å². The van der Waals surface area contributed by atoms with Gasteiger partial charge >= 0.3 is 0 Å². The number of nitrogens with one attached hydrogen (secondary N) is 2. The third-order valence-corrected chi connectivity index (χ3v) is 7.57. The van der Waals surface area contributed by atoms with Gasteiger partial charge in [-0.3, -0.25) is 4.79 Å². The number of hydrogen-bond donors (Lipinski definition) is 2. The highest BCUT2D eigenvalue weighted by Gasteiger charge is 2.32. The number of nitrogens with zero attached hydrogens (tertiary/aromatic N) is 2. The molecule has 0 bridgehead atoms. The standard InChI is InChI=1S/C23H28N4O3S/c1-15-13-16(2)22(17(3)14-15)31(29,30)24-11-10-21(28)27-12-6-9-20(27)23-25-18-7-4-5-8-19(18)26-23/h4-5,7-8,13-14,20,24H,6,9-12H2,1-3H3,(H,25,26). The van der Waals surface area contributed by atoms with Crippen molar-refractivity contribution in [1.82, 2.24) is 19.6 Å². The molecular formula is C23H28N4O3S. The summed E-state index contributed by atoms with van der Waals surface area (Å²) in [6.45, 7) is 6.25. The molecule has 1 amide bonds. The zero-order valence-corrected chi connectivity index (χ0v) is 18.9. The SMILES string of the molecule is Cc1cc(C)c(S(=O)(=O)NCCC(=O)N2CCCC2c2nc3ccccc3[nH]2)c(C)c1. The maximum absolute atomic E-state index is 12.9. The summed E-state index contributed by atoms with van der Waals surface area (Å²) in [6.07, 6.45) is 1.86. The van der Waals surface area contributed by atoms with Crippen LogP contribution in [0.5, 0.6) is 0 Å². The van der Waals surface area contributed by atoms with E-state index in [0.29, 0.717) is 22.6 Å². The van der Waals surface area contributed by atoms with Gasteiger partial charge in [0.05, 0.1) is 22.0 Å². The number of carbonyl (C=O) groups is 1. The van der Waals surface area contributed by atoms with Gasteiger partial charge < -0.3 is 9.88 Å². The molecule has 2 heterocycles. The van der Waals surface area contributed by atoms with E-state index in [1.807, 2.05) is 48.2 Å². The normalized spacial score (nSPS) is 16.9. The van der Waals surface area contributed by atoms with Crippen molar-refractivity contribution in [2.45, 2.75) is 51.0 Å². The lowest BCUT2D eigenvalue weighted by Crippen LogP contribution is -2.35. The molecule has 8 heteroatoms. The first kappa shape index (κ1) is 21.5. The van der Waals surface area contributed by atoms with E-state index in [4.69, 9.17) is 0 Å². The van der Waals surface area contributed by atoms with Gasteiger partial charge in [-0.25, -0.2) is 18.1 Å². The lowest BCUT2D eigenvalue weighted by Gasteiger charge is -2.23. The molecule has 1 aromatic heterocycles. The predicted molar refractivity (Wildman–Crippen MR) is 120 cm³/mol. The number of rotatable bonds is 6. The maximum Gasteiger partial charge on any atom is 0.241 e. The first-order valence-electron chi connectivity index (χ1n) is 10.6. The Labute approximate surface area is 182 Å². The minimum atomic E-state index is -3.68. The van der Waals surface area contributed by atoms with Crippen LogP contribution in [-0.2, 0) is 14.8 Å². The molecule has 1 aliphatic heterocycles. The van der Waals surface area contributed by atoms with Crippen LogP contribution in [0.15, 0.2) is 41.3 Å². The first-order chi connectivity index (χ1) is 14.8. The molecular weight excluding hydrogens is 412 g/mol. The first-order valence-corrected chi connectivity index (χ1v) is 12.1. The fraction of sp³-hybridized carbons (Fsp3) is 0.391. The number of imidazole rings is 1. The van der Waals surface area contributed by atoms with Crippen molar-refractivity contribution in [3.05, 3.63) is 58.9 Å². The van der Waals surface area contributed by atoms with Crippen LogP contribution in [0.4, 0.5) is 0 Å². The molecule has 1 aliphatic rings. The van der Waals surface area contributed by atoms with Crippen molar-refractivity contribution in [2.75, 3.05) is 13.1 Å². The molecule has 3 aromatic rings. The molecule has 1 fully saturated rings. The predicted octanol–water partition coefficient (Wildman–Crippen LogP) is 3.52. The number of carbonyl (C=O) groups excluding carboxylic acids is 1. The smallest absolute Gasteiger partial charge is 0.241 e. The highest BCUT2D eigenvalue weighted by molar-refractivity contribution is 7.89. The average Bonchev–Trinajstić information content (AvgIpc) is 3.33. The zero-order valence-electron chi connectivity index (χ0n) is 18.1. The minimum Gasteiger partial charge on any atom is -0.340 e. The number of sulfonamides is 1. The van der Waals surface area contributed by atoms with Gasteiger partial charge in [0.1, 0.15) is 5.82 Å². The van der Waals surface area contributed by atoms with Gasteiger partial charge in [0.25, 0.3) is 0 Å². The van der Waals surface area contributed by atoms with Gasteiger partial charge in [-0.2, -0.15) is 0 Å². The Hall–Kier alpha value is -2.71. The number of hydrogen-bond acceptors (Lipinski definition) is 4. The summed E-state index contributed by atoms with van der Waals surface area (Å²) in [5, 5.41) is 0.